The van der Waals surface area contributed by atoms with Crippen LogP contribution in [0.25, 0.3) is 0 Å². The van der Waals surface area contributed by atoms with Crippen LogP contribution in [-0.4, -0.2) is 24.5 Å². The van der Waals surface area contributed by atoms with Crippen LogP contribution in [0.3, 0.4) is 0 Å². The van der Waals surface area contributed by atoms with Crippen molar-refractivity contribution in [2.75, 3.05) is 6.61 Å². The standard InChI is InChI=1S/C17H18N2O4/c1-2-23-17(21)14(12-13-8-4-3-5-9-13)18-16(20)15-10-6-7-11-19(15)22/h3-11,14H,2,12H2,1H3,(H,18,20)/t14-/m0/s1. The molecule has 2 aromatic rings. The van der Waals surface area contributed by atoms with Crippen LogP contribution in [0.5, 0.6) is 0 Å². The number of carbonyl (C=O) groups excluding carboxylic acids is 2. The van der Waals surface area contributed by atoms with Gasteiger partial charge in [-0.1, -0.05) is 30.3 Å². The van der Waals surface area contributed by atoms with E-state index in [2.05, 4.69) is 5.32 Å². The van der Waals surface area contributed by atoms with Crippen molar-refractivity contribution >= 4 is 11.9 Å². The number of nitrogens with one attached hydrogen (secondary N) is 1. The number of rotatable bonds is 6. The van der Waals surface area contributed by atoms with Gasteiger partial charge >= 0.3 is 11.9 Å². The van der Waals surface area contributed by atoms with E-state index in [1.54, 1.807) is 13.0 Å². The Labute approximate surface area is 134 Å². The number of hydrogen-bond donors (Lipinski definition) is 1. The van der Waals surface area contributed by atoms with E-state index in [1.165, 1.54) is 18.3 Å². The number of benzene rings is 1. The number of nitrogens with zero attached hydrogens (tertiary/aromatic N) is 1. The van der Waals surface area contributed by atoms with Crippen molar-refractivity contribution in [1.29, 1.82) is 0 Å². The summed E-state index contributed by atoms with van der Waals surface area (Å²) in [5.74, 6) is -1.15. The zero-order valence-corrected chi connectivity index (χ0v) is 12.8. The predicted octanol–water partition coefficient (Wildman–Crippen LogP) is 1.22. The van der Waals surface area contributed by atoms with Crippen LogP contribution in [0.4, 0.5) is 0 Å². The fourth-order valence-electron chi connectivity index (χ4n) is 2.12. The summed E-state index contributed by atoms with van der Waals surface area (Å²) in [6, 6.07) is 12.9. The number of ether oxygens (including phenoxy) is 1. The first-order chi connectivity index (χ1) is 11.1. The van der Waals surface area contributed by atoms with E-state index in [9.17, 15) is 14.8 Å². The topological polar surface area (TPSA) is 82.3 Å². The fraction of sp³-hybridized carbons (Fsp3) is 0.235. The third-order valence-corrected chi connectivity index (χ3v) is 3.22. The van der Waals surface area contributed by atoms with Crippen molar-refractivity contribution in [3.63, 3.8) is 0 Å². The van der Waals surface area contributed by atoms with Gasteiger partial charge in [-0.25, -0.2) is 4.79 Å². The average molecular weight is 314 g/mol. The van der Waals surface area contributed by atoms with E-state index in [4.69, 9.17) is 4.74 Å². The van der Waals surface area contributed by atoms with Gasteiger partial charge in [0.15, 0.2) is 6.20 Å². The molecule has 120 valence electrons. The van der Waals surface area contributed by atoms with Crippen LogP contribution in [0.2, 0.25) is 0 Å². The Hall–Kier alpha value is -2.89. The van der Waals surface area contributed by atoms with Crippen molar-refractivity contribution in [2.24, 2.45) is 0 Å². The van der Waals surface area contributed by atoms with Gasteiger partial charge in [-0.15, -0.1) is 0 Å². The molecule has 0 saturated carbocycles. The van der Waals surface area contributed by atoms with Crippen molar-refractivity contribution in [3.05, 3.63) is 71.2 Å². The normalized spacial score (nSPS) is 11.5. The zero-order chi connectivity index (χ0) is 16.7. The lowest BCUT2D eigenvalue weighted by molar-refractivity contribution is -0.607. The fourth-order valence-corrected chi connectivity index (χ4v) is 2.12. The Morgan fingerprint density at radius 3 is 2.52 bits per heavy atom. The number of amides is 1. The minimum Gasteiger partial charge on any atom is -0.618 e. The van der Waals surface area contributed by atoms with Crippen molar-refractivity contribution < 1.29 is 19.1 Å². The summed E-state index contributed by atoms with van der Waals surface area (Å²) in [7, 11) is 0. The minimum absolute atomic E-state index is 0.0742. The molecule has 2 rings (SSSR count). The molecule has 0 unspecified atom stereocenters. The summed E-state index contributed by atoms with van der Waals surface area (Å²) in [6.07, 6.45) is 1.52. The van der Waals surface area contributed by atoms with E-state index < -0.39 is 17.9 Å². The second-order valence-electron chi connectivity index (χ2n) is 4.88. The van der Waals surface area contributed by atoms with Gasteiger partial charge in [0.1, 0.15) is 6.04 Å². The molecule has 0 aliphatic heterocycles. The Morgan fingerprint density at radius 1 is 1.17 bits per heavy atom. The summed E-state index contributed by atoms with van der Waals surface area (Å²) >= 11 is 0. The van der Waals surface area contributed by atoms with Crippen molar-refractivity contribution in [1.82, 2.24) is 5.32 Å². The molecular weight excluding hydrogens is 296 g/mol. The minimum atomic E-state index is -0.856. The lowest BCUT2D eigenvalue weighted by Crippen LogP contribution is -2.47. The first kappa shape index (κ1) is 16.5. The molecule has 1 N–H and O–H groups in total. The maximum atomic E-state index is 12.2. The van der Waals surface area contributed by atoms with Gasteiger partial charge < -0.3 is 15.3 Å². The van der Waals surface area contributed by atoms with E-state index in [0.29, 0.717) is 4.73 Å². The van der Waals surface area contributed by atoms with Gasteiger partial charge in [-0.05, 0) is 18.6 Å². The summed E-state index contributed by atoms with van der Waals surface area (Å²) in [6.45, 7) is 1.91. The molecule has 1 atom stereocenters. The molecule has 0 aliphatic rings. The first-order valence-corrected chi connectivity index (χ1v) is 7.31. The quantitative estimate of drug-likeness (QED) is 0.494. The third-order valence-electron chi connectivity index (χ3n) is 3.22. The van der Waals surface area contributed by atoms with Crippen molar-refractivity contribution in [2.45, 2.75) is 19.4 Å². The second-order valence-corrected chi connectivity index (χ2v) is 4.88. The van der Waals surface area contributed by atoms with Crippen molar-refractivity contribution in [3.8, 4) is 0 Å². The first-order valence-electron chi connectivity index (χ1n) is 7.31. The number of carbonyl (C=O) groups is 2. The molecule has 1 heterocycles. The van der Waals surface area contributed by atoms with Crippen LogP contribution in [0, 0.1) is 5.21 Å². The molecule has 0 bridgehead atoms. The summed E-state index contributed by atoms with van der Waals surface area (Å²) in [4.78, 5) is 24.3. The second kappa shape index (κ2) is 7.93. The van der Waals surface area contributed by atoms with Gasteiger partial charge in [0.2, 0.25) is 0 Å². The number of pyridine rings is 1. The van der Waals surface area contributed by atoms with Crippen LogP contribution < -0.4 is 10.0 Å². The third kappa shape index (κ3) is 4.54. The summed E-state index contributed by atoms with van der Waals surface area (Å²) < 4.78 is 5.46. The van der Waals surface area contributed by atoms with Crippen LogP contribution >= 0.6 is 0 Å². The van der Waals surface area contributed by atoms with E-state index in [0.717, 1.165) is 5.56 Å². The largest absolute Gasteiger partial charge is 0.618 e. The molecule has 1 aromatic heterocycles. The molecule has 0 radical (unpaired) electrons. The molecule has 0 saturated heterocycles. The Balaban J connectivity index is 2.15. The molecular formula is C17H18N2O4. The highest BCUT2D eigenvalue weighted by atomic mass is 16.5. The maximum Gasteiger partial charge on any atom is 0.328 e. The lowest BCUT2D eigenvalue weighted by Gasteiger charge is -2.17. The molecule has 6 heteroatoms. The van der Waals surface area contributed by atoms with E-state index >= 15 is 0 Å². The van der Waals surface area contributed by atoms with Gasteiger partial charge in [-0.3, -0.25) is 4.79 Å². The van der Waals surface area contributed by atoms with Gasteiger partial charge in [0, 0.05) is 18.6 Å². The highest BCUT2D eigenvalue weighted by molar-refractivity contribution is 5.94. The van der Waals surface area contributed by atoms with Crippen LogP contribution in [0.15, 0.2) is 54.7 Å². The Kier molecular flexibility index (Phi) is 5.68. The molecule has 0 fully saturated rings. The highest BCUT2D eigenvalue weighted by Gasteiger charge is 2.26. The smallest absolute Gasteiger partial charge is 0.328 e. The van der Waals surface area contributed by atoms with Crippen LogP contribution in [-0.2, 0) is 16.0 Å². The Morgan fingerprint density at radius 2 is 1.87 bits per heavy atom. The summed E-state index contributed by atoms with van der Waals surface area (Å²) in [5, 5.41) is 14.2. The predicted molar refractivity (Wildman–Crippen MR) is 83.4 cm³/mol. The van der Waals surface area contributed by atoms with Crippen LogP contribution in [0.1, 0.15) is 23.0 Å². The molecule has 6 nitrogen and oxygen atoms in total. The molecule has 1 aromatic carbocycles. The zero-order valence-electron chi connectivity index (χ0n) is 12.8. The molecule has 0 spiro atoms. The maximum absolute atomic E-state index is 12.2. The average Bonchev–Trinajstić information content (AvgIpc) is 2.55. The lowest BCUT2D eigenvalue weighted by atomic mass is 10.1. The SMILES string of the molecule is CCOC(=O)[C@H](Cc1ccccc1)NC(=O)c1cccc[n+]1[O-]. The van der Waals surface area contributed by atoms with E-state index in [1.807, 2.05) is 30.3 Å². The number of esters is 1. The molecule has 23 heavy (non-hydrogen) atoms. The highest BCUT2D eigenvalue weighted by Crippen LogP contribution is 2.06. The monoisotopic (exact) mass is 314 g/mol. The van der Waals surface area contributed by atoms with Gasteiger partial charge in [-0.2, -0.15) is 4.73 Å². The number of aromatic nitrogens is 1. The molecule has 1 amide bonds. The van der Waals surface area contributed by atoms with Gasteiger partial charge in [0.25, 0.3) is 5.69 Å². The van der Waals surface area contributed by atoms with Gasteiger partial charge in [0.05, 0.1) is 6.61 Å². The Bertz CT molecular complexity index is 673. The number of hydrogen-bond acceptors (Lipinski definition) is 4. The summed E-state index contributed by atoms with van der Waals surface area (Å²) in [5.41, 5.74) is 0.809. The van der Waals surface area contributed by atoms with E-state index in [-0.39, 0.29) is 18.7 Å². The molecule has 0 aliphatic carbocycles.